The SMILES string of the molecule is CC(C)[C@H](NC(=O)[C@@H]1CCCN1C(=O)[C@@H](NC(=O)OCc1ccccc1)C(C)C)C(=O)c1nc2cc(CO)ccc2o1. The summed E-state index contributed by atoms with van der Waals surface area (Å²) in [6.45, 7) is 7.45. The van der Waals surface area contributed by atoms with Gasteiger partial charge in [0.2, 0.25) is 17.6 Å². The molecule has 0 bridgehead atoms. The van der Waals surface area contributed by atoms with Crippen molar-refractivity contribution in [3.05, 3.63) is 65.5 Å². The zero-order valence-electron chi connectivity index (χ0n) is 24.3. The Morgan fingerprint density at radius 3 is 2.38 bits per heavy atom. The number of ether oxygens (including phenoxy) is 1. The number of hydrogen-bond acceptors (Lipinski definition) is 8. The highest BCUT2D eigenvalue weighted by atomic mass is 16.5. The van der Waals surface area contributed by atoms with Gasteiger partial charge >= 0.3 is 6.09 Å². The molecule has 0 spiro atoms. The third kappa shape index (κ3) is 7.14. The predicted octanol–water partition coefficient (Wildman–Crippen LogP) is 3.59. The van der Waals surface area contributed by atoms with Gasteiger partial charge in [0.1, 0.15) is 24.2 Å². The highest BCUT2D eigenvalue weighted by Crippen LogP contribution is 2.23. The summed E-state index contributed by atoms with van der Waals surface area (Å²) in [6.07, 6.45) is 0.305. The lowest BCUT2D eigenvalue weighted by molar-refractivity contribution is -0.141. The molecule has 0 unspecified atom stereocenters. The van der Waals surface area contributed by atoms with E-state index in [-0.39, 0.29) is 36.8 Å². The van der Waals surface area contributed by atoms with Crippen molar-refractivity contribution in [3.8, 4) is 0 Å². The first-order valence-electron chi connectivity index (χ1n) is 14.2. The number of oxazole rings is 1. The summed E-state index contributed by atoms with van der Waals surface area (Å²) in [6, 6.07) is 11.5. The first kappa shape index (κ1) is 30.7. The lowest BCUT2D eigenvalue weighted by Crippen LogP contribution is -2.57. The van der Waals surface area contributed by atoms with Gasteiger partial charge in [-0.3, -0.25) is 14.4 Å². The molecule has 224 valence electrons. The van der Waals surface area contributed by atoms with E-state index in [2.05, 4.69) is 15.6 Å². The molecule has 42 heavy (non-hydrogen) atoms. The molecule has 2 aromatic carbocycles. The maximum absolute atomic E-state index is 13.6. The van der Waals surface area contributed by atoms with Crippen LogP contribution in [0.2, 0.25) is 0 Å². The minimum atomic E-state index is -0.938. The molecular formula is C31H38N4O7. The van der Waals surface area contributed by atoms with Crippen molar-refractivity contribution >= 4 is 34.8 Å². The minimum absolute atomic E-state index is 0.0632. The van der Waals surface area contributed by atoms with Crippen LogP contribution < -0.4 is 10.6 Å². The molecule has 3 N–H and O–H groups in total. The van der Waals surface area contributed by atoms with Crippen LogP contribution in [0.25, 0.3) is 11.1 Å². The van der Waals surface area contributed by atoms with E-state index in [1.807, 2.05) is 44.2 Å². The second-order valence-corrected chi connectivity index (χ2v) is 11.2. The molecule has 2 heterocycles. The normalized spacial score (nSPS) is 16.5. The van der Waals surface area contributed by atoms with Gasteiger partial charge in [-0.15, -0.1) is 0 Å². The standard InChI is InChI=1S/C31H38N4O7/c1-18(2)25(27(37)29-32-22-15-21(16-36)12-13-24(22)42-29)33-28(38)23-11-8-14-35(23)30(39)26(19(3)4)34-31(40)41-17-20-9-6-5-7-10-20/h5-7,9-10,12-13,15,18-19,23,25-26,36H,8,11,14,16-17H2,1-4H3,(H,33,38)(H,34,40)/t23-,25-,26-/m0/s1. The van der Waals surface area contributed by atoms with E-state index in [0.717, 1.165) is 5.56 Å². The number of alkyl carbamates (subject to hydrolysis) is 1. The molecule has 3 atom stereocenters. The molecule has 1 aliphatic heterocycles. The number of carbonyl (C=O) groups excluding carboxylic acids is 4. The number of hydrogen-bond donors (Lipinski definition) is 3. The van der Waals surface area contributed by atoms with Crippen LogP contribution in [0.3, 0.4) is 0 Å². The van der Waals surface area contributed by atoms with E-state index in [1.165, 1.54) is 4.90 Å². The van der Waals surface area contributed by atoms with Gasteiger partial charge in [-0.2, -0.15) is 0 Å². The van der Waals surface area contributed by atoms with Crippen molar-refractivity contribution < 1.29 is 33.4 Å². The van der Waals surface area contributed by atoms with E-state index in [9.17, 15) is 24.3 Å². The number of benzene rings is 2. The van der Waals surface area contributed by atoms with Crippen LogP contribution in [0.5, 0.6) is 0 Å². The average Bonchev–Trinajstić information content (AvgIpc) is 3.64. The summed E-state index contributed by atoms with van der Waals surface area (Å²) in [5.74, 6) is -2.03. The fourth-order valence-electron chi connectivity index (χ4n) is 4.98. The smallest absolute Gasteiger partial charge is 0.408 e. The summed E-state index contributed by atoms with van der Waals surface area (Å²) in [5.41, 5.74) is 2.28. The maximum atomic E-state index is 13.6. The van der Waals surface area contributed by atoms with E-state index < -0.39 is 35.9 Å². The maximum Gasteiger partial charge on any atom is 0.408 e. The number of ketones is 1. The molecule has 0 radical (unpaired) electrons. The molecule has 4 rings (SSSR count). The summed E-state index contributed by atoms with van der Waals surface area (Å²) < 4.78 is 11.0. The number of amides is 3. The van der Waals surface area contributed by atoms with Gasteiger partial charge in [0.25, 0.3) is 5.89 Å². The molecule has 11 nitrogen and oxygen atoms in total. The Morgan fingerprint density at radius 2 is 1.71 bits per heavy atom. The molecule has 0 aliphatic carbocycles. The number of nitrogens with one attached hydrogen (secondary N) is 2. The van der Waals surface area contributed by atoms with Crippen LogP contribution in [0.1, 0.15) is 62.3 Å². The number of Topliss-reactive ketones (excluding diaryl/α,β-unsaturated/α-hetero) is 1. The Kier molecular flexibility index (Phi) is 9.95. The highest BCUT2D eigenvalue weighted by Gasteiger charge is 2.40. The second kappa shape index (κ2) is 13.6. The molecule has 1 aromatic heterocycles. The van der Waals surface area contributed by atoms with E-state index in [4.69, 9.17) is 9.15 Å². The van der Waals surface area contributed by atoms with Crippen molar-refractivity contribution in [1.29, 1.82) is 0 Å². The summed E-state index contributed by atoms with van der Waals surface area (Å²) in [4.78, 5) is 58.8. The van der Waals surface area contributed by atoms with Crippen molar-refractivity contribution in [2.24, 2.45) is 11.8 Å². The summed E-state index contributed by atoms with van der Waals surface area (Å²) in [5, 5.41) is 14.9. The molecule has 0 saturated carbocycles. The quantitative estimate of drug-likeness (QED) is 0.292. The first-order chi connectivity index (χ1) is 20.1. The summed E-state index contributed by atoms with van der Waals surface area (Å²) >= 11 is 0. The topological polar surface area (TPSA) is 151 Å². The van der Waals surface area contributed by atoms with Gasteiger partial charge < -0.3 is 29.8 Å². The van der Waals surface area contributed by atoms with Crippen LogP contribution in [-0.4, -0.2) is 63.4 Å². The zero-order valence-corrected chi connectivity index (χ0v) is 24.3. The van der Waals surface area contributed by atoms with Crippen molar-refractivity contribution in [1.82, 2.24) is 20.5 Å². The lowest BCUT2D eigenvalue weighted by atomic mass is 9.98. The van der Waals surface area contributed by atoms with Crippen LogP contribution in [-0.2, 0) is 27.5 Å². The number of aromatic nitrogens is 1. The van der Waals surface area contributed by atoms with E-state index in [1.54, 1.807) is 32.0 Å². The predicted molar refractivity (Wildman–Crippen MR) is 154 cm³/mol. The number of aliphatic hydroxyl groups excluding tert-OH is 1. The number of aliphatic hydroxyl groups is 1. The zero-order chi connectivity index (χ0) is 30.4. The fourth-order valence-corrected chi connectivity index (χ4v) is 4.98. The molecular weight excluding hydrogens is 540 g/mol. The number of nitrogens with zero attached hydrogens (tertiary/aromatic N) is 2. The Balaban J connectivity index is 1.43. The molecule has 3 aromatic rings. The van der Waals surface area contributed by atoms with Gasteiger partial charge in [0, 0.05) is 6.54 Å². The average molecular weight is 579 g/mol. The van der Waals surface area contributed by atoms with Crippen LogP contribution in [0, 0.1) is 11.8 Å². The largest absolute Gasteiger partial charge is 0.445 e. The summed E-state index contributed by atoms with van der Waals surface area (Å²) in [7, 11) is 0. The van der Waals surface area contributed by atoms with Crippen LogP contribution >= 0.6 is 0 Å². The molecule has 11 heteroatoms. The monoisotopic (exact) mass is 578 g/mol. The van der Waals surface area contributed by atoms with Crippen molar-refractivity contribution in [2.75, 3.05) is 6.54 Å². The third-order valence-electron chi connectivity index (χ3n) is 7.35. The Hall–Kier alpha value is -4.25. The van der Waals surface area contributed by atoms with Crippen LogP contribution in [0.4, 0.5) is 4.79 Å². The number of likely N-dealkylation sites (tertiary alicyclic amines) is 1. The molecule has 1 aliphatic rings. The van der Waals surface area contributed by atoms with E-state index >= 15 is 0 Å². The molecule has 1 saturated heterocycles. The van der Waals surface area contributed by atoms with Gasteiger partial charge in [-0.25, -0.2) is 9.78 Å². The first-order valence-corrected chi connectivity index (χ1v) is 14.2. The second-order valence-electron chi connectivity index (χ2n) is 11.2. The number of fused-ring (bicyclic) bond motifs is 1. The minimum Gasteiger partial charge on any atom is -0.445 e. The van der Waals surface area contributed by atoms with Gasteiger partial charge in [0.05, 0.1) is 12.6 Å². The molecule has 3 amide bonds. The van der Waals surface area contributed by atoms with Gasteiger partial charge in [0.15, 0.2) is 5.58 Å². The third-order valence-corrected chi connectivity index (χ3v) is 7.35. The highest BCUT2D eigenvalue weighted by molar-refractivity contribution is 6.01. The van der Waals surface area contributed by atoms with Gasteiger partial charge in [-0.05, 0) is 47.9 Å². The van der Waals surface area contributed by atoms with Crippen molar-refractivity contribution in [2.45, 2.75) is 71.9 Å². The van der Waals surface area contributed by atoms with E-state index in [0.29, 0.717) is 36.0 Å². The Labute approximate surface area is 244 Å². The Morgan fingerprint density at radius 1 is 1.00 bits per heavy atom. The fraction of sp³-hybridized carbons (Fsp3) is 0.452. The van der Waals surface area contributed by atoms with Crippen LogP contribution in [0.15, 0.2) is 52.9 Å². The van der Waals surface area contributed by atoms with Crippen molar-refractivity contribution in [3.63, 3.8) is 0 Å². The molecule has 1 fully saturated rings. The number of carbonyl (C=O) groups is 4. The number of rotatable bonds is 11. The van der Waals surface area contributed by atoms with Gasteiger partial charge in [-0.1, -0.05) is 64.1 Å². The Bertz CT molecular complexity index is 1420. The lowest BCUT2D eigenvalue weighted by Gasteiger charge is -2.31.